The molecule has 0 bridgehead atoms. The Morgan fingerprint density at radius 2 is 1.85 bits per heavy atom. The fourth-order valence-electron chi connectivity index (χ4n) is 2.38. The highest BCUT2D eigenvalue weighted by Gasteiger charge is 2.10. The molecule has 138 valence electrons. The van der Waals surface area contributed by atoms with E-state index >= 15 is 0 Å². The minimum absolute atomic E-state index is 0.109. The average molecular weight is 484 g/mol. The van der Waals surface area contributed by atoms with E-state index in [9.17, 15) is 4.79 Å². The number of nitrogens with one attached hydrogen (secondary N) is 1. The van der Waals surface area contributed by atoms with E-state index in [1.807, 2.05) is 45.0 Å². The molecule has 0 spiro atoms. The summed E-state index contributed by atoms with van der Waals surface area (Å²) in [6.07, 6.45) is 1.52. The maximum atomic E-state index is 12.0. The van der Waals surface area contributed by atoms with Crippen molar-refractivity contribution in [2.45, 2.75) is 20.8 Å². The third kappa shape index (κ3) is 5.08. The number of hydrogen-bond donors (Lipinski definition) is 1. The lowest BCUT2D eigenvalue weighted by molar-refractivity contribution is -0.123. The SMILES string of the molecule is COc1c(Br)cc(Br)cc1C=NNC(=O)COc1c(C)ccc(C)c1C. The van der Waals surface area contributed by atoms with E-state index in [-0.39, 0.29) is 12.5 Å². The lowest BCUT2D eigenvalue weighted by Gasteiger charge is -2.13. The zero-order valence-corrected chi connectivity index (χ0v) is 18.2. The summed E-state index contributed by atoms with van der Waals surface area (Å²) in [6, 6.07) is 7.72. The van der Waals surface area contributed by atoms with Crippen molar-refractivity contribution in [1.29, 1.82) is 0 Å². The van der Waals surface area contributed by atoms with Gasteiger partial charge < -0.3 is 9.47 Å². The van der Waals surface area contributed by atoms with Crippen LogP contribution in [-0.4, -0.2) is 25.8 Å². The summed E-state index contributed by atoms with van der Waals surface area (Å²) >= 11 is 6.84. The summed E-state index contributed by atoms with van der Waals surface area (Å²) in [5.41, 5.74) is 6.33. The van der Waals surface area contributed by atoms with Gasteiger partial charge in [-0.15, -0.1) is 0 Å². The van der Waals surface area contributed by atoms with E-state index in [1.54, 1.807) is 7.11 Å². The quantitative estimate of drug-likeness (QED) is 0.479. The van der Waals surface area contributed by atoms with Crippen molar-refractivity contribution in [2.24, 2.45) is 5.10 Å². The van der Waals surface area contributed by atoms with Gasteiger partial charge in [0.15, 0.2) is 6.61 Å². The minimum atomic E-state index is -0.338. The van der Waals surface area contributed by atoms with Gasteiger partial charge in [0.1, 0.15) is 11.5 Å². The number of halogens is 2. The molecule has 2 rings (SSSR count). The van der Waals surface area contributed by atoms with Crippen LogP contribution in [0.4, 0.5) is 0 Å². The molecule has 0 unspecified atom stereocenters. The first-order valence-electron chi connectivity index (χ1n) is 7.88. The number of hydrogen-bond acceptors (Lipinski definition) is 4. The predicted octanol–water partition coefficient (Wildman–Crippen LogP) is 4.67. The van der Waals surface area contributed by atoms with E-state index in [4.69, 9.17) is 9.47 Å². The number of carbonyl (C=O) groups is 1. The summed E-state index contributed by atoms with van der Waals surface area (Å²) in [4.78, 5) is 12.0. The molecule has 1 amide bonds. The van der Waals surface area contributed by atoms with Crippen LogP contribution < -0.4 is 14.9 Å². The molecule has 0 heterocycles. The number of hydrazone groups is 1. The molecule has 0 aliphatic carbocycles. The zero-order valence-electron chi connectivity index (χ0n) is 15.0. The van der Waals surface area contributed by atoms with Gasteiger partial charge in [-0.1, -0.05) is 28.1 Å². The summed E-state index contributed by atoms with van der Waals surface area (Å²) in [5.74, 6) is 1.03. The normalized spacial score (nSPS) is 10.8. The zero-order chi connectivity index (χ0) is 19.3. The van der Waals surface area contributed by atoms with Crippen molar-refractivity contribution in [2.75, 3.05) is 13.7 Å². The van der Waals surface area contributed by atoms with Gasteiger partial charge in [-0.05, 0) is 65.5 Å². The van der Waals surface area contributed by atoms with Gasteiger partial charge in [0.2, 0.25) is 0 Å². The molecular formula is C19H20Br2N2O3. The fraction of sp³-hybridized carbons (Fsp3) is 0.263. The number of nitrogens with zero attached hydrogens (tertiary/aromatic N) is 1. The summed E-state index contributed by atoms with van der Waals surface area (Å²) in [7, 11) is 1.57. The maximum Gasteiger partial charge on any atom is 0.277 e. The van der Waals surface area contributed by atoms with Crippen molar-refractivity contribution in [3.05, 3.63) is 55.5 Å². The van der Waals surface area contributed by atoms with Crippen molar-refractivity contribution in [1.82, 2.24) is 5.43 Å². The van der Waals surface area contributed by atoms with E-state index < -0.39 is 0 Å². The third-order valence-corrected chi connectivity index (χ3v) is 4.90. The monoisotopic (exact) mass is 482 g/mol. The molecule has 0 atom stereocenters. The Labute approximate surface area is 170 Å². The molecular weight excluding hydrogens is 464 g/mol. The molecule has 0 saturated heterocycles. The van der Waals surface area contributed by atoms with Crippen molar-refractivity contribution in [3.63, 3.8) is 0 Å². The van der Waals surface area contributed by atoms with Crippen LogP contribution in [0.5, 0.6) is 11.5 Å². The number of rotatable bonds is 6. The smallest absolute Gasteiger partial charge is 0.277 e. The van der Waals surface area contributed by atoms with Crippen LogP contribution in [0, 0.1) is 20.8 Å². The van der Waals surface area contributed by atoms with E-state index in [0.29, 0.717) is 5.75 Å². The van der Waals surface area contributed by atoms with Crippen LogP contribution in [0.25, 0.3) is 0 Å². The lowest BCUT2D eigenvalue weighted by atomic mass is 10.1. The Hall–Kier alpha value is -1.86. The number of ether oxygens (including phenoxy) is 2. The van der Waals surface area contributed by atoms with Gasteiger partial charge in [-0.2, -0.15) is 5.10 Å². The number of carbonyl (C=O) groups excluding carboxylic acids is 1. The molecule has 5 nitrogen and oxygen atoms in total. The van der Waals surface area contributed by atoms with Gasteiger partial charge in [0.25, 0.3) is 5.91 Å². The van der Waals surface area contributed by atoms with Crippen LogP contribution in [0.1, 0.15) is 22.3 Å². The third-order valence-electron chi connectivity index (χ3n) is 3.86. The molecule has 1 N–H and O–H groups in total. The molecule has 0 aliphatic heterocycles. The van der Waals surface area contributed by atoms with E-state index in [0.717, 1.165) is 36.9 Å². The molecule has 0 aromatic heterocycles. The number of benzene rings is 2. The standard InChI is InChI=1S/C19H20Br2N2O3/c1-11-5-6-12(2)18(13(11)3)26-10-17(24)23-22-9-14-7-15(20)8-16(21)19(14)25-4/h5-9H,10H2,1-4H3,(H,23,24). The second-order valence-electron chi connectivity index (χ2n) is 5.75. The second-order valence-corrected chi connectivity index (χ2v) is 7.52. The molecule has 26 heavy (non-hydrogen) atoms. The van der Waals surface area contributed by atoms with Crippen LogP contribution in [0.3, 0.4) is 0 Å². The van der Waals surface area contributed by atoms with Crippen LogP contribution in [-0.2, 0) is 4.79 Å². The Kier molecular flexibility index (Phi) is 7.23. The Bertz CT molecular complexity index is 851. The Morgan fingerprint density at radius 3 is 2.54 bits per heavy atom. The van der Waals surface area contributed by atoms with Gasteiger partial charge in [-0.3, -0.25) is 4.79 Å². The van der Waals surface area contributed by atoms with Gasteiger partial charge in [0.05, 0.1) is 17.8 Å². The topological polar surface area (TPSA) is 59.9 Å². The van der Waals surface area contributed by atoms with Gasteiger partial charge in [0, 0.05) is 10.0 Å². The van der Waals surface area contributed by atoms with Crippen molar-refractivity contribution >= 4 is 44.0 Å². The summed E-state index contributed by atoms with van der Waals surface area (Å²) in [5, 5.41) is 3.98. The number of amides is 1. The highest BCUT2D eigenvalue weighted by molar-refractivity contribution is 9.11. The van der Waals surface area contributed by atoms with E-state index in [1.165, 1.54) is 6.21 Å². The van der Waals surface area contributed by atoms with Crippen LogP contribution in [0.2, 0.25) is 0 Å². The van der Waals surface area contributed by atoms with Crippen molar-refractivity contribution < 1.29 is 14.3 Å². The molecule has 7 heteroatoms. The van der Waals surface area contributed by atoms with Gasteiger partial charge >= 0.3 is 0 Å². The molecule has 2 aromatic rings. The average Bonchev–Trinajstić information content (AvgIpc) is 2.58. The largest absolute Gasteiger partial charge is 0.495 e. The first-order chi connectivity index (χ1) is 12.3. The molecule has 0 radical (unpaired) electrons. The number of aryl methyl sites for hydroxylation is 2. The highest BCUT2D eigenvalue weighted by Crippen LogP contribution is 2.31. The van der Waals surface area contributed by atoms with Crippen LogP contribution >= 0.6 is 31.9 Å². The summed E-state index contributed by atoms with van der Waals surface area (Å²) < 4.78 is 12.7. The van der Waals surface area contributed by atoms with E-state index in [2.05, 4.69) is 42.4 Å². The second kappa shape index (κ2) is 9.19. The molecule has 0 aliphatic rings. The Morgan fingerprint density at radius 1 is 1.15 bits per heavy atom. The fourth-order valence-corrected chi connectivity index (χ4v) is 3.80. The van der Waals surface area contributed by atoms with Crippen molar-refractivity contribution in [3.8, 4) is 11.5 Å². The van der Waals surface area contributed by atoms with Crippen LogP contribution in [0.15, 0.2) is 38.3 Å². The lowest BCUT2D eigenvalue weighted by Crippen LogP contribution is -2.25. The first-order valence-corrected chi connectivity index (χ1v) is 9.46. The molecule has 0 saturated carbocycles. The minimum Gasteiger partial charge on any atom is -0.495 e. The van der Waals surface area contributed by atoms with Gasteiger partial charge in [-0.25, -0.2) is 5.43 Å². The first kappa shape index (κ1) is 20.5. The summed E-state index contributed by atoms with van der Waals surface area (Å²) in [6.45, 7) is 5.83. The predicted molar refractivity (Wildman–Crippen MR) is 110 cm³/mol. The Balaban J connectivity index is 2.00. The molecule has 2 aromatic carbocycles. The molecule has 0 fully saturated rings. The number of methoxy groups -OCH3 is 1. The highest BCUT2D eigenvalue weighted by atomic mass is 79.9. The maximum absolute atomic E-state index is 12.0.